The molecule has 0 amide bonds. The largest absolute Gasteiger partial charge is 0.490 e. The highest BCUT2D eigenvalue weighted by Crippen LogP contribution is 2.29. The quantitative estimate of drug-likeness (QED) is 0.630. The number of ether oxygens (including phenoxy) is 1. The summed E-state index contributed by atoms with van der Waals surface area (Å²) >= 11 is 0. The number of nitrogens with zero attached hydrogens (tertiary/aromatic N) is 5. The lowest BCUT2D eigenvalue weighted by molar-refractivity contribution is -0.385. The molecule has 0 bridgehead atoms. The number of rotatable bonds is 6. The molecule has 0 aliphatic carbocycles. The van der Waals surface area contributed by atoms with Gasteiger partial charge in [0.2, 0.25) is 0 Å². The van der Waals surface area contributed by atoms with E-state index in [1.54, 1.807) is 6.07 Å². The fraction of sp³-hybridized carbons (Fsp3) is 0.417. The van der Waals surface area contributed by atoms with E-state index in [2.05, 4.69) is 20.8 Å². The highest BCUT2D eigenvalue weighted by atomic mass is 16.6. The van der Waals surface area contributed by atoms with Crippen molar-refractivity contribution in [1.82, 2.24) is 25.5 Å². The van der Waals surface area contributed by atoms with E-state index in [0.29, 0.717) is 11.5 Å². The molecule has 1 N–H and O–H groups in total. The number of hydrogen-bond acceptors (Lipinski definition) is 7. The number of nitrogens with one attached hydrogen (secondary N) is 1. The van der Waals surface area contributed by atoms with E-state index in [9.17, 15) is 10.1 Å². The zero-order valence-electron chi connectivity index (χ0n) is 12.0. The van der Waals surface area contributed by atoms with Crippen molar-refractivity contribution in [2.24, 2.45) is 0 Å². The van der Waals surface area contributed by atoms with Gasteiger partial charge < -0.3 is 10.1 Å². The average molecular weight is 292 g/mol. The number of nitro benzene ring substituents is 1. The monoisotopic (exact) mass is 292 g/mol. The van der Waals surface area contributed by atoms with Crippen LogP contribution in [0.5, 0.6) is 5.75 Å². The van der Waals surface area contributed by atoms with Crippen molar-refractivity contribution >= 4 is 5.69 Å². The minimum Gasteiger partial charge on any atom is -0.490 e. The number of hydrogen-bond donors (Lipinski definition) is 1. The average Bonchev–Trinajstić information content (AvgIpc) is 2.96. The lowest BCUT2D eigenvalue weighted by Crippen LogP contribution is -2.21. The predicted octanol–water partition coefficient (Wildman–Crippen LogP) is 1.25. The molecule has 1 heterocycles. The Kier molecular flexibility index (Phi) is 4.43. The Morgan fingerprint density at radius 3 is 2.90 bits per heavy atom. The summed E-state index contributed by atoms with van der Waals surface area (Å²) in [6, 6.07) is 4.50. The van der Waals surface area contributed by atoms with Crippen LogP contribution in [0.3, 0.4) is 0 Å². The third kappa shape index (κ3) is 2.97. The Balaban J connectivity index is 2.46. The van der Waals surface area contributed by atoms with Gasteiger partial charge in [0.1, 0.15) is 0 Å². The molecule has 0 radical (unpaired) electrons. The number of tetrazole rings is 1. The molecule has 21 heavy (non-hydrogen) atoms. The van der Waals surface area contributed by atoms with Crippen molar-refractivity contribution in [2.75, 3.05) is 13.7 Å². The molecule has 2 aromatic rings. The first-order chi connectivity index (χ1) is 10.1. The van der Waals surface area contributed by atoms with Crippen LogP contribution in [-0.2, 0) is 0 Å². The van der Waals surface area contributed by atoms with Gasteiger partial charge in [-0.05, 0) is 36.0 Å². The summed E-state index contributed by atoms with van der Waals surface area (Å²) < 4.78 is 6.45. The van der Waals surface area contributed by atoms with Gasteiger partial charge in [0, 0.05) is 6.07 Å². The van der Waals surface area contributed by atoms with E-state index >= 15 is 0 Å². The lowest BCUT2D eigenvalue weighted by atomic mass is 10.2. The van der Waals surface area contributed by atoms with Gasteiger partial charge in [-0.25, -0.2) is 0 Å². The highest BCUT2D eigenvalue weighted by molar-refractivity contribution is 5.53. The molecule has 0 fully saturated rings. The molecule has 0 saturated heterocycles. The molecule has 1 aromatic heterocycles. The van der Waals surface area contributed by atoms with Gasteiger partial charge in [0.25, 0.3) is 0 Å². The van der Waals surface area contributed by atoms with Crippen molar-refractivity contribution in [3.8, 4) is 11.4 Å². The second-order valence-corrected chi connectivity index (χ2v) is 4.34. The molecule has 0 saturated carbocycles. The Hall–Kier alpha value is -2.55. The fourth-order valence-electron chi connectivity index (χ4n) is 2.00. The molecule has 1 aromatic carbocycles. The van der Waals surface area contributed by atoms with Crippen molar-refractivity contribution in [2.45, 2.75) is 19.9 Å². The van der Waals surface area contributed by atoms with E-state index in [0.717, 1.165) is 6.54 Å². The van der Waals surface area contributed by atoms with Crippen molar-refractivity contribution < 1.29 is 9.66 Å². The molecule has 9 nitrogen and oxygen atoms in total. The second kappa shape index (κ2) is 6.27. The second-order valence-electron chi connectivity index (χ2n) is 4.34. The van der Waals surface area contributed by atoms with Crippen LogP contribution in [0.1, 0.15) is 25.7 Å². The number of methoxy groups -OCH3 is 1. The minimum absolute atomic E-state index is 0.0776. The van der Waals surface area contributed by atoms with Crippen LogP contribution in [0.4, 0.5) is 5.69 Å². The third-order valence-electron chi connectivity index (χ3n) is 2.99. The van der Waals surface area contributed by atoms with E-state index in [1.807, 2.05) is 13.8 Å². The molecule has 9 heteroatoms. The predicted molar refractivity (Wildman–Crippen MR) is 74.5 cm³/mol. The third-order valence-corrected chi connectivity index (χ3v) is 2.99. The summed E-state index contributed by atoms with van der Waals surface area (Å²) in [6.07, 6.45) is 0. The summed E-state index contributed by atoms with van der Waals surface area (Å²) in [5.41, 5.74) is 0.375. The summed E-state index contributed by atoms with van der Waals surface area (Å²) in [7, 11) is 1.39. The topological polar surface area (TPSA) is 108 Å². The van der Waals surface area contributed by atoms with Crippen LogP contribution in [0.2, 0.25) is 0 Å². The maximum atomic E-state index is 11.1. The SMILES string of the molecule is CCNC(C)c1nnnn1-c1ccc(OC)c([N+](=O)[O-])c1. The first-order valence-electron chi connectivity index (χ1n) is 6.43. The van der Waals surface area contributed by atoms with Crippen LogP contribution in [0.15, 0.2) is 18.2 Å². The van der Waals surface area contributed by atoms with Gasteiger partial charge in [-0.3, -0.25) is 10.1 Å². The molecule has 0 spiro atoms. The van der Waals surface area contributed by atoms with Crippen LogP contribution in [-0.4, -0.2) is 38.8 Å². The van der Waals surface area contributed by atoms with Crippen LogP contribution >= 0.6 is 0 Å². The minimum atomic E-state index is -0.500. The van der Waals surface area contributed by atoms with Gasteiger partial charge in [-0.2, -0.15) is 4.68 Å². The molecule has 112 valence electrons. The van der Waals surface area contributed by atoms with Crippen molar-refractivity contribution in [3.63, 3.8) is 0 Å². The summed E-state index contributed by atoms with van der Waals surface area (Å²) in [5, 5.41) is 25.8. The maximum absolute atomic E-state index is 11.1. The van der Waals surface area contributed by atoms with Gasteiger partial charge >= 0.3 is 5.69 Å². The Morgan fingerprint density at radius 1 is 1.52 bits per heavy atom. The van der Waals surface area contributed by atoms with E-state index < -0.39 is 4.92 Å². The number of benzene rings is 1. The van der Waals surface area contributed by atoms with Crippen LogP contribution in [0, 0.1) is 10.1 Å². The lowest BCUT2D eigenvalue weighted by Gasteiger charge is -2.12. The smallest absolute Gasteiger partial charge is 0.313 e. The Bertz CT molecular complexity index is 642. The Morgan fingerprint density at radius 2 is 2.29 bits per heavy atom. The summed E-state index contributed by atoms with van der Waals surface area (Å²) in [5.74, 6) is 0.773. The Labute approximate surface area is 121 Å². The number of aromatic nitrogens is 4. The number of nitro groups is 1. The molecule has 1 unspecified atom stereocenters. The normalized spacial score (nSPS) is 12.1. The molecular formula is C12H16N6O3. The van der Waals surface area contributed by atoms with E-state index in [-0.39, 0.29) is 17.5 Å². The van der Waals surface area contributed by atoms with Crippen LogP contribution < -0.4 is 10.1 Å². The van der Waals surface area contributed by atoms with Gasteiger partial charge in [0.05, 0.1) is 23.8 Å². The summed E-state index contributed by atoms with van der Waals surface area (Å²) in [4.78, 5) is 10.6. The zero-order valence-corrected chi connectivity index (χ0v) is 12.0. The zero-order chi connectivity index (χ0) is 15.4. The van der Waals surface area contributed by atoms with Gasteiger partial charge in [0.15, 0.2) is 11.6 Å². The van der Waals surface area contributed by atoms with Crippen LogP contribution in [0.25, 0.3) is 5.69 Å². The maximum Gasteiger partial charge on any atom is 0.313 e. The molecule has 0 aliphatic rings. The van der Waals surface area contributed by atoms with E-state index in [1.165, 1.54) is 23.9 Å². The van der Waals surface area contributed by atoms with E-state index in [4.69, 9.17) is 4.74 Å². The summed E-state index contributed by atoms with van der Waals surface area (Å²) in [6.45, 7) is 4.66. The first-order valence-corrected chi connectivity index (χ1v) is 6.43. The first kappa shape index (κ1) is 14.9. The molecule has 1 atom stereocenters. The highest BCUT2D eigenvalue weighted by Gasteiger charge is 2.20. The van der Waals surface area contributed by atoms with Gasteiger partial charge in [-0.1, -0.05) is 6.92 Å². The van der Waals surface area contributed by atoms with Gasteiger partial charge in [-0.15, -0.1) is 5.10 Å². The standard InChI is InChI=1S/C12H16N6O3/c1-4-13-8(2)12-14-15-16-17(12)9-5-6-11(21-3)10(7-9)18(19)20/h5-8,13H,4H2,1-3H3. The molecular weight excluding hydrogens is 276 g/mol. The van der Waals surface area contributed by atoms with Crippen molar-refractivity contribution in [3.05, 3.63) is 34.1 Å². The van der Waals surface area contributed by atoms with Crippen molar-refractivity contribution in [1.29, 1.82) is 0 Å². The molecule has 2 rings (SSSR count). The molecule has 0 aliphatic heterocycles. The fourth-order valence-corrected chi connectivity index (χ4v) is 2.00.